The zero-order valence-corrected chi connectivity index (χ0v) is 16.9. The van der Waals surface area contributed by atoms with Crippen LogP contribution in [0.3, 0.4) is 0 Å². The highest BCUT2D eigenvalue weighted by atomic mass is 16.5. The van der Waals surface area contributed by atoms with Crippen LogP contribution in [0.5, 0.6) is 5.75 Å². The Hall–Kier alpha value is -3.61. The molecule has 3 rings (SSSR count). The lowest BCUT2D eigenvalue weighted by Gasteiger charge is -2.09. The van der Waals surface area contributed by atoms with Crippen LogP contribution in [0, 0.1) is 0 Å². The molecule has 1 N–H and O–H groups in total. The van der Waals surface area contributed by atoms with Crippen molar-refractivity contribution in [2.75, 3.05) is 13.7 Å². The first kappa shape index (κ1) is 21.1. The van der Waals surface area contributed by atoms with Crippen molar-refractivity contribution >= 4 is 22.8 Å². The number of fused-ring (bicyclic) bond motifs is 1. The third kappa shape index (κ3) is 5.26. The van der Waals surface area contributed by atoms with E-state index in [1.54, 1.807) is 36.4 Å². The zero-order chi connectivity index (χ0) is 21.5. The number of nitrogens with one attached hydrogen (secondary N) is 1. The zero-order valence-electron chi connectivity index (χ0n) is 16.9. The normalized spacial score (nSPS) is 10.6. The second-order valence-corrected chi connectivity index (χ2v) is 6.75. The molecule has 0 unspecified atom stereocenters. The summed E-state index contributed by atoms with van der Waals surface area (Å²) in [5.41, 5.74) is 2.26. The van der Waals surface area contributed by atoms with E-state index in [1.807, 2.05) is 13.0 Å². The minimum absolute atomic E-state index is 0.176. The second-order valence-electron chi connectivity index (χ2n) is 6.75. The molecule has 0 saturated carbocycles. The van der Waals surface area contributed by atoms with Crippen LogP contribution in [0.2, 0.25) is 0 Å². The Morgan fingerprint density at radius 1 is 1.07 bits per heavy atom. The smallest absolute Gasteiger partial charge is 0.337 e. The molecule has 0 saturated heterocycles. The fraction of sp³-hybridized carbons (Fsp3) is 0.261. The van der Waals surface area contributed by atoms with E-state index in [4.69, 9.17) is 9.15 Å². The molecule has 0 bridgehead atoms. The van der Waals surface area contributed by atoms with Crippen molar-refractivity contribution in [3.05, 3.63) is 75.6 Å². The molecule has 0 fully saturated rings. The Bertz CT molecular complexity index is 1100. The number of carbonyl (C=O) groups excluding carboxylic acids is 2. The maximum atomic E-state index is 12.1. The molecule has 7 heteroatoms. The molecular weight excluding hydrogens is 386 g/mol. The SMILES string of the molecule is CCCc1cc(=O)oc2cc(OCC(=O)NCc3ccc(C(=O)OC)cc3)ccc12. The summed E-state index contributed by atoms with van der Waals surface area (Å²) in [7, 11) is 1.32. The monoisotopic (exact) mass is 409 g/mol. The van der Waals surface area contributed by atoms with E-state index in [1.165, 1.54) is 13.2 Å². The molecule has 0 atom stereocenters. The first-order valence-corrected chi connectivity index (χ1v) is 9.63. The van der Waals surface area contributed by atoms with Crippen molar-refractivity contribution in [1.29, 1.82) is 0 Å². The number of amides is 1. The summed E-state index contributed by atoms with van der Waals surface area (Å²) in [6.07, 6.45) is 1.70. The Labute approximate surface area is 173 Å². The number of hydrogen-bond donors (Lipinski definition) is 1. The molecule has 30 heavy (non-hydrogen) atoms. The van der Waals surface area contributed by atoms with E-state index in [0.29, 0.717) is 23.4 Å². The van der Waals surface area contributed by atoms with Crippen LogP contribution in [0.4, 0.5) is 0 Å². The Morgan fingerprint density at radius 2 is 1.83 bits per heavy atom. The van der Waals surface area contributed by atoms with Gasteiger partial charge in [0.15, 0.2) is 6.61 Å². The van der Waals surface area contributed by atoms with Gasteiger partial charge in [0.25, 0.3) is 5.91 Å². The molecule has 2 aromatic carbocycles. The number of hydrogen-bond acceptors (Lipinski definition) is 6. The molecule has 1 amide bonds. The average molecular weight is 409 g/mol. The van der Waals surface area contributed by atoms with Gasteiger partial charge in [0.05, 0.1) is 12.7 Å². The maximum Gasteiger partial charge on any atom is 0.337 e. The number of ether oxygens (including phenoxy) is 2. The lowest BCUT2D eigenvalue weighted by atomic mass is 10.1. The summed E-state index contributed by atoms with van der Waals surface area (Å²) >= 11 is 0. The summed E-state index contributed by atoms with van der Waals surface area (Å²) < 4.78 is 15.5. The summed E-state index contributed by atoms with van der Waals surface area (Å²) in [6, 6.07) is 13.5. The van der Waals surface area contributed by atoms with Gasteiger partial charge in [-0.25, -0.2) is 9.59 Å². The highest BCUT2D eigenvalue weighted by Crippen LogP contribution is 2.23. The van der Waals surface area contributed by atoms with Crippen molar-refractivity contribution in [3.63, 3.8) is 0 Å². The molecule has 1 heterocycles. The fourth-order valence-corrected chi connectivity index (χ4v) is 3.05. The summed E-state index contributed by atoms with van der Waals surface area (Å²) in [5.74, 6) is -0.266. The molecular formula is C23H23NO6. The van der Waals surface area contributed by atoms with Crippen LogP contribution in [0.1, 0.15) is 34.8 Å². The Kier molecular flexibility index (Phi) is 6.85. The van der Waals surface area contributed by atoms with Gasteiger partial charge in [-0.2, -0.15) is 0 Å². The molecule has 156 valence electrons. The van der Waals surface area contributed by atoms with Crippen LogP contribution in [-0.2, 0) is 22.5 Å². The summed E-state index contributed by atoms with van der Waals surface area (Å²) in [6.45, 7) is 2.17. The molecule has 7 nitrogen and oxygen atoms in total. The predicted molar refractivity (Wildman–Crippen MR) is 112 cm³/mol. The van der Waals surface area contributed by atoms with Crippen molar-refractivity contribution in [3.8, 4) is 5.75 Å². The maximum absolute atomic E-state index is 12.1. The quantitative estimate of drug-likeness (QED) is 0.453. The molecule has 3 aromatic rings. The third-order valence-corrected chi connectivity index (χ3v) is 4.56. The number of aryl methyl sites for hydroxylation is 1. The van der Waals surface area contributed by atoms with Gasteiger partial charge in [0.2, 0.25) is 0 Å². The van der Waals surface area contributed by atoms with Gasteiger partial charge >= 0.3 is 11.6 Å². The van der Waals surface area contributed by atoms with Gasteiger partial charge < -0.3 is 19.2 Å². The highest BCUT2D eigenvalue weighted by Gasteiger charge is 2.09. The number of methoxy groups -OCH3 is 1. The van der Waals surface area contributed by atoms with Crippen LogP contribution < -0.4 is 15.7 Å². The molecule has 0 aliphatic carbocycles. The number of rotatable bonds is 8. The second kappa shape index (κ2) is 9.73. The minimum Gasteiger partial charge on any atom is -0.484 e. The lowest BCUT2D eigenvalue weighted by molar-refractivity contribution is -0.123. The number of carbonyl (C=O) groups is 2. The van der Waals surface area contributed by atoms with Gasteiger partial charge in [0, 0.05) is 24.1 Å². The fourth-order valence-electron chi connectivity index (χ4n) is 3.05. The highest BCUT2D eigenvalue weighted by molar-refractivity contribution is 5.89. The van der Waals surface area contributed by atoms with E-state index in [0.717, 1.165) is 29.4 Å². The lowest BCUT2D eigenvalue weighted by Crippen LogP contribution is -2.28. The van der Waals surface area contributed by atoms with Crippen LogP contribution in [0.25, 0.3) is 11.0 Å². The summed E-state index contributed by atoms with van der Waals surface area (Å²) in [5, 5.41) is 3.61. The molecule has 0 aliphatic heterocycles. The summed E-state index contributed by atoms with van der Waals surface area (Å²) in [4.78, 5) is 35.3. The first-order chi connectivity index (χ1) is 14.5. The van der Waals surface area contributed by atoms with Crippen LogP contribution in [-0.4, -0.2) is 25.6 Å². The van der Waals surface area contributed by atoms with E-state index in [2.05, 4.69) is 10.1 Å². The van der Waals surface area contributed by atoms with E-state index < -0.39 is 11.6 Å². The van der Waals surface area contributed by atoms with Crippen LogP contribution in [0.15, 0.2) is 57.7 Å². The average Bonchev–Trinajstić information content (AvgIpc) is 2.76. The van der Waals surface area contributed by atoms with E-state index in [9.17, 15) is 14.4 Å². The molecule has 0 spiro atoms. The van der Waals surface area contributed by atoms with E-state index >= 15 is 0 Å². The number of esters is 1. The van der Waals surface area contributed by atoms with Crippen molar-refractivity contribution in [1.82, 2.24) is 5.32 Å². The first-order valence-electron chi connectivity index (χ1n) is 9.63. The van der Waals surface area contributed by atoms with Crippen molar-refractivity contribution < 1.29 is 23.5 Å². The Balaban J connectivity index is 1.57. The van der Waals surface area contributed by atoms with Crippen LogP contribution >= 0.6 is 0 Å². The van der Waals surface area contributed by atoms with Gasteiger partial charge in [-0.3, -0.25) is 4.79 Å². The van der Waals surface area contributed by atoms with Crippen molar-refractivity contribution in [2.45, 2.75) is 26.3 Å². The van der Waals surface area contributed by atoms with E-state index in [-0.39, 0.29) is 12.5 Å². The predicted octanol–water partition coefficient (Wildman–Crippen LogP) is 3.23. The van der Waals surface area contributed by atoms with Gasteiger partial charge in [-0.15, -0.1) is 0 Å². The molecule has 0 aliphatic rings. The third-order valence-electron chi connectivity index (χ3n) is 4.56. The molecule has 0 radical (unpaired) electrons. The minimum atomic E-state index is -0.410. The standard InChI is InChI=1S/C23H23NO6/c1-3-4-17-11-22(26)30-20-12-18(9-10-19(17)20)29-14-21(25)24-13-15-5-7-16(8-6-15)23(27)28-2/h5-12H,3-4,13-14H2,1-2H3,(H,24,25). The number of benzene rings is 2. The van der Waals surface area contributed by atoms with Gasteiger partial charge in [0.1, 0.15) is 11.3 Å². The van der Waals surface area contributed by atoms with Gasteiger partial charge in [-0.05, 0) is 41.8 Å². The van der Waals surface area contributed by atoms with Gasteiger partial charge in [-0.1, -0.05) is 25.5 Å². The van der Waals surface area contributed by atoms with Crippen molar-refractivity contribution in [2.24, 2.45) is 0 Å². The Morgan fingerprint density at radius 3 is 2.53 bits per heavy atom. The molecule has 1 aromatic heterocycles. The largest absolute Gasteiger partial charge is 0.484 e. The topological polar surface area (TPSA) is 94.8 Å².